The van der Waals surface area contributed by atoms with E-state index in [9.17, 15) is 4.79 Å². The molecule has 3 rings (SSSR count). The number of rotatable bonds is 4. The van der Waals surface area contributed by atoms with Crippen molar-refractivity contribution in [2.75, 3.05) is 13.6 Å². The van der Waals surface area contributed by atoms with Crippen molar-refractivity contribution in [1.29, 1.82) is 0 Å². The molecular formula is C22H26N2O. The van der Waals surface area contributed by atoms with Crippen LogP contribution in [-0.4, -0.2) is 35.3 Å². The topological polar surface area (TPSA) is 23.6 Å². The lowest BCUT2D eigenvalue weighted by Crippen LogP contribution is -2.43. The summed E-state index contributed by atoms with van der Waals surface area (Å²) in [7, 11) is 2.13. The van der Waals surface area contributed by atoms with Crippen LogP contribution in [0.1, 0.15) is 29.8 Å². The van der Waals surface area contributed by atoms with E-state index in [4.69, 9.17) is 0 Å². The first-order valence-corrected chi connectivity index (χ1v) is 8.89. The fourth-order valence-electron chi connectivity index (χ4n) is 3.37. The maximum Gasteiger partial charge on any atom is 0.258 e. The number of hydrogen-bond acceptors (Lipinski definition) is 2. The molecule has 1 amide bonds. The summed E-state index contributed by atoms with van der Waals surface area (Å²) in [5, 5.41) is 0. The third-order valence-electron chi connectivity index (χ3n) is 4.94. The molecule has 0 aromatic heterocycles. The zero-order valence-electron chi connectivity index (χ0n) is 15.2. The van der Waals surface area contributed by atoms with Gasteiger partial charge in [-0.1, -0.05) is 55.5 Å². The summed E-state index contributed by atoms with van der Waals surface area (Å²) < 4.78 is 0. The highest BCUT2D eigenvalue weighted by molar-refractivity contribution is 5.95. The predicted molar refractivity (Wildman–Crippen MR) is 102 cm³/mol. The van der Waals surface area contributed by atoms with Gasteiger partial charge in [0.2, 0.25) is 0 Å². The Morgan fingerprint density at radius 3 is 2.28 bits per heavy atom. The summed E-state index contributed by atoms with van der Waals surface area (Å²) in [6.45, 7) is 5.94. The number of benzene rings is 2. The molecule has 1 aliphatic heterocycles. The van der Waals surface area contributed by atoms with Gasteiger partial charge in [0, 0.05) is 29.8 Å². The van der Waals surface area contributed by atoms with Crippen molar-refractivity contribution in [3.05, 3.63) is 83.6 Å². The standard InChI is InChI=1S/C22H26N2O/c1-17-15-23(3)18(2)14-21(17)24(16-19-10-6-4-7-11-19)22(25)20-12-8-5-9-13-20/h4-14,17-18H,15-16H2,1-3H3. The first kappa shape index (κ1) is 17.4. The van der Waals surface area contributed by atoms with E-state index in [1.54, 1.807) is 0 Å². The van der Waals surface area contributed by atoms with E-state index < -0.39 is 0 Å². The molecule has 0 N–H and O–H groups in total. The summed E-state index contributed by atoms with van der Waals surface area (Å²) in [4.78, 5) is 17.5. The molecule has 3 heteroatoms. The van der Waals surface area contributed by atoms with Crippen LogP contribution in [0.15, 0.2) is 72.4 Å². The van der Waals surface area contributed by atoms with E-state index in [-0.39, 0.29) is 5.91 Å². The van der Waals surface area contributed by atoms with Crippen molar-refractivity contribution < 1.29 is 4.79 Å². The van der Waals surface area contributed by atoms with Crippen molar-refractivity contribution >= 4 is 5.91 Å². The van der Waals surface area contributed by atoms with Gasteiger partial charge >= 0.3 is 0 Å². The highest BCUT2D eigenvalue weighted by atomic mass is 16.2. The van der Waals surface area contributed by atoms with Crippen LogP contribution in [0.2, 0.25) is 0 Å². The summed E-state index contributed by atoms with van der Waals surface area (Å²) in [5.74, 6) is 0.386. The molecule has 0 fully saturated rings. The average molecular weight is 334 g/mol. The molecule has 0 radical (unpaired) electrons. The van der Waals surface area contributed by atoms with E-state index in [2.05, 4.69) is 44.0 Å². The maximum absolute atomic E-state index is 13.3. The summed E-state index contributed by atoms with van der Waals surface area (Å²) in [6, 6.07) is 20.1. The van der Waals surface area contributed by atoms with Crippen LogP contribution in [0, 0.1) is 5.92 Å². The van der Waals surface area contributed by atoms with Crippen LogP contribution in [0.5, 0.6) is 0 Å². The first-order valence-electron chi connectivity index (χ1n) is 8.89. The molecule has 0 aliphatic carbocycles. The van der Waals surface area contributed by atoms with E-state index in [0.29, 0.717) is 18.5 Å². The fourth-order valence-corrected chi connectivity index (χ4v) is 3.37. The first-order chi connectivity index (χ1) is 12.1. The van der Waals surface area contributed by atoms with Gasteiger partial charge in [-0.25, -0.2) is 0 Å². The molecule has 0 saturated carbocycles. The zero-order valence-corrected chi connectivity index (χ0v) is 15.2. The third kappa shape index (κ3) is 3.99. The van der Waals surface area contributed by atoms with Crippen molar-refractivity contribution in [2.24, 2.45) is 5.92 Å². The summed E-state index contributed by atoms with van der Waals surface area (Å²) in [5.41, 5.74) is 3.01. The van der Waals surface area contributed by atoms with Crippen LogP contribution in [0.4, 0.5) is 0 Å². The van der Waals surface area contributed by atoms with Crippen LogP contribution in [0.25, 0.3) is 0 Å². The van der Waals surface area contributed by atoms with Gasteiger partial charge in [0.15, 0.2) is 0 Å². The van der Waals surface area contributed by atoms with Crippen LogP contribution >= 0.6 is 0 Å². The second kappa shape index (κ2) is 7.66. The van der Waals surface area contributed by atoms with Gasteiger partial charge in [-0.15, -0.1) is 0 Å². The van der Waals surface area contributed by atoms with Gasteiger partial charge in [-0.05, 0) is 37.7 Å². The Morgan fingerprint density at radius 1 is 1.04 bits per heavy atom. The molecule has 2 atom stereocenters. The Hall–Kier alpha value is -2.39. The monoisotopic (exact) mass is 334 g/mol. The highest BCUT2D eigenvalue weighted by Crippen LogP contribution is 2.27. The largest absolute Gasteiger partial charge is 0.308 e. The number of carbonyl (C=O) groups is 1. The lowest BCUT2D eigenvalue weighted by molar-refractivity contribution is 0.0761. The number of carbonyl (C=O) groups excluding carboxylic acids is 1. The average Bonchev–Trinajstić information content (AvgIpc) is 2.64. The van der Waals surface area contributed by atoms with Crippen LogP contribution < -0.4 is 0 Å². The molecule has 3 nitrogen and oxygen atoms in total. The molecule has 130 valence electrons. The Labute approximate surface area is 150 Å². The normalized spacial score (nSPS) is 20.8. The Balaban J connectivity index is 1.97. The third-order valence-corrected chi connectivity index (χ3v) is 4.94. The highest BCUT2D eigenvalue weighted by Gasteiger charge is 2.29. The van der Waals surface area contributed by atoms with E-state index in [0.717, 1.165) is 23.4 Å². The van der Waals surface area contributed by atoms with Gasteiger partial charge in [0.1, 0.15) is 0 Å². The quantitative estimate of drug-likeness (QED) is 0.837. The van der Waals surface area contributed by atoms with E-state index in [1.165, 1.54) is 0 Å². The Morgan fingerprint density at radius 2 is 1.64 bits per heavy atom. The molecule has 0 spiro atoms. The minimum atomic E-state index is 0.0688. The maximum atomic E-state index is 13.3. The fraction of sp³-hybridized carbons (Fsp3) is 0.318. The molecule has 25 heavy (non-hydrogen) atoms. The molecule has 1 heterocycles. The lowest BCUT2D eigenvalue weighted by Gasteiger charge is -2.38. The van der Waals surface area contributed by atoms with Crippen LogP contribution in [-0.2, 0) is 6.54 Å². The molecule has 2 aromatic carbocycles. The van der Waals surface area contributed by atoms with Gasteiger partial charge in [-0.3, -0.25) is 9.69 Å². The van der Waals surface area contributed by atoms with Gasteiger partial charge in [0.25, 0.3) is 5.91 Å². The van der Waals surface area contributed by atoms with Gasteiger partial charge < -0.3 is 4.90 Å². The summed E-state index contributed by atoms with van der Waals surface area (Å²) in [6.07, 6.45) is 2.23. The lowest BCUT2D eigenvalue weighted by atomic mass is 9.97. The molecule has 2 unspecified atom stereocenters. The van der Waals surface area contributed by atoms with E-state index >= 15 is 0 Å². The Kier molecular flexibility index (Phi) is 5.34. The number of nitrogens with zero attached hydrogens (tertiary/aromatic N) is 2. The van der Waals surface area contributed by atoms with Gasteiger partial charge in [-0.2, -0.15) is 0 Å². The number of amides is 1. The molecular weight excluding hydrogens is 308 g/mol. The zero-order chi connectivity index (χ0) is 17.8. The predicted octanol–water partition coefficient (Wildman–Crippen LogP) is 4.18. The summed E-state index contributed by atoms with van der Waals surface area (Å²) >= 11 is 0. The van der Waals surface area contributed by atoms with Crippen molar-refractivity contribution in [2.45, 2.75) is 26.4 Å². The molecule has 1 aliphatic rings. The van der Waals surface area contributed by atoms with Crippen molar-refractivity contribution in [3.8, 4) is 0 Å². The molecule has 0 bridgehead atoms. The molecule has 0 saturated heterocycles. The second-order valence-electron chi connectivity index (χ2n) is 6.92. The minimum Gasteiger partial charge on any atom is -0.308 e. The van der Waals surface area contributed by atoms with E-state index in [1.807, 2.05) is 53.4 Å². The van der Waals surface area contributed by atoms with Crippen LogP contribution in [0.3, 0.4) is 0 Å². The van der Waals surface area contributed by atoms with Crippen molar-refractivity contribution in [3.63, 3.8) is 0 Å². The number of hydrogen-bond donors (Lipinski definition) is 0. The minimum absolute atomic E-state index is 0.0688. The Bertz CT molecular complexity index is 739. The smallest absolute Gasteiger partial charge is 0.258 e. The van der Waals surface area contributed by atoms with Gasteiger partial charge in [0.05, 0.1) is 6.54 Å². The second-order valence-corrected chi connectivity index (χ2v) is 6.92. The molecule has 2 aromatic rings. The van der Waals surface area contributed by atoms with Crippen molar-refractivity contribution in [1.82, 2.24) is 9.80 Å². The SMILES string of the molecule is CC1CN(C)C(C)C=C1N(Cc1ccccc1)C(=O)c1ccccc1. The number of likely N-dealkylation sites (N-methyl/N-ethyl adjacent to an activating group) is 1.